The van der Waals surface area contributed by atoms with Crippen molar-refractivity contribution in [2.45, 2.75) is 56.8 Å². The Hall–Kier alpha value is -3.03. The minimum Gasteiger partial charge on any atom is -0.480 e. The lowest BCUT2D eigenvalue weighted by atomic mass is 10.1. The van der Waals surface area contributed by atoms with Gasteiger partial charge in [0.2, 0.25) is 17.7 Å². The Labute approximate surface area is 179 Å². The van der Waals surface area contributed by atoms with Gasteiger partial charge in [-0.05, 0) is 32.7 Å². The molecule has 13 heteroatoms. The molecular weight excluding hydrogens is 410 g/mol. The number of imidazole rings is 1. The molecule has 0 bridgehead atoms. The number of nitrogens with one attached hydrogen (secondary N) is 4. The molecule has 1 aromatic heterocycles. The Morgan fingerprint density at radius 2 is 1.77 bits per heavy atom. The zero-order chi connectivity index (χ0) is 23.4. The number of H-pyrrole nitrogens is 1. The molecule has 0 radical (unpaired) electrons. The highest BCUT2D eigenvalue weighted by Gasteiger charge is 2.31. The van der Waals surface area contributed by atoms with E-state index < -0.39 is 54.5 Å². The maximum atomic E-state index is 12.8. The Balaban J connectivity index is 2.96. The van der Waals surface area contributed by atoms with Gasteiger partial charge in [0, 0.05) is 18.3 Å². The van der Waals surface area contributed by atoms with Gasteiger partial charge in [-0.15, -0.1) is 0 Å². The van der Waals surface area contributed by atoms with Crippen LogP contribution in [0.5, 0.6) is 0 Å². The third kappa shape index (κ3) is 9.11. The van der Waals surface area contributed by atoms with E-state index in [1.165, 1.54) is 19.4 Å². The summed E-state index contributed by atoms with van der Waals surface area (Å²) in [6, 6.07) is -3.71. The third-order valence-electron chi connectivity index (χ3n) is 4.44. The highest BCUT2D eigenvalue weighted by atomic mass is 16.4. The molecule has 0 fully saturated rings. The molecule has 4 atom stereocenters. The predicted octanol–water partition coefficient (Wildman–Crippen LogP) is -3.04. The second-order valence-electron chi connectivity index (χ2n) is 7.02. The molecule has 0 spiro atoms. The zero-order valence-corrected chi connectivity index (χ0v) is 17.3. The Morgan fingerprint density at radius 1 is 1.10 bits per heavy atom. The molecule has 0 saturated heterocycles. The van der Waals surface area contributed by atoms with Crippen LogP contribution in [0.15, 0.2) is 12.5 Å². The van der Waals surface area contributed by atoms with Crippen molar-refractivity contribution in [1.29, 1.82) is 0 Å². The van der Waals surface area contributed by atoms with Crippen molar-refractivity contribution < 1.29 is 29.4 Å². The lowest BCUT2D eigenvalue weighted by Crippen LogP contribution is -2.59. The van der Waals surface area contributed by atoms with Gasteiger partial charge < -0.3 is 42.6 Å². The lowest BCUT2D eigenvalue weighted by Gasteiger charge is -2.25. The van der Waals surface area contributed by atoms with E-state index in [0.717, 1.165) is 0 Å². The molecule has 3 amide bonds. The number of nitrogens with zero attached hydrogens (tertiary/aromatic N) is 1. The molecular formula is C18H31N7O6. The summed E-state index contributed by atoms with van der Waals surface area (Å²) in [5.74, 6) is -3.44. The second kappa shape index (κ2) is 13.3. The number of amides is 3. The molecule has 10 N–H and O–H groups in total. The number of unbranched alkanes of at least 4 members (excludes halogenated alkanes) is 1. The normalized spacial score (nSPS) is 14.7. The van der Waals surface area contributed by atoms with Crippen molar-refractivity contribution in [3.63, 3.8) is 0 Å². The molecule has 0 aromatic carbocycles. The molecule has 31 heavy (non-hydrogen) atoms. The number of rotatable bonds is 14. The number of aliphatic hydroxyl groups is 1. The maximum absolute atomic E-state index is 12.8. The summed E-state index contributed by atoms with van der Waals surface area (Å²) in [5.41, 5.74) is 11.2. The van der Waals surface area contributed by atoms with Crippen molar-refractivity contribution in [1.82, 2.24) is 25.9 Å². The molecule has 13 nitrogen and oxygen atoms in total. The van der Waals surface area contributed by atoms with Gasteiger partial charge in [-0.1, -0.05) is 0 Å². The largest absolute Gasteiger partial charge is 0.480 e. The third-order valence-corrected chi connectivity index (χ3v) is 4.44. The number of carboxylic acid groups (broad SMARTS) is 1. The molecule has 0 aliphatic rings. The number of carboxylic acids is 1. The molecule has 1 aromatic rings. The number of carbonyl (C=O) groups is 4. The SMILES string of the molecule is CC(O)C(NC(=O)CN)C(=O)NC(Cc1cnc[nH]1)C(=O)NC(CCCCN)C(=O)O. The van der Waals surface area contributed by atoms with Gasteiger partial charge in [0.15, 0.2) is 0 Å². The van der Waals surface area contributed by atoms with Crippen molar-refractivity contribution in [3.05, 3.63) is 18.2 Å². The van der Waals surface area contributed by atoms with Crippen LogP contribution in [0.25, 0.3) is 0 Å². The average Bonchev–Trinajstić information content (AvgIpc) is 3.23. The number of aromatic amines is 1. The standard InChI is InChI=1S/C18H31N7O6/c1-10(26)15(25-14(27)7-20)17(29)24-13(6-11-8-21-9-22-11)16(28)23-12(18(30)31)4-2-3-5-19/h8-10,12-13,15,26H,2-7,19-20H2,1H3,(H,21,22)(H,23,28)(H,24,29)(H,25,27)(H,30,31). The number of hydrogen-bond donors (Lipinski definition) is 8. The monoisotopic (exact) mass is 441 g/mol. The second-order valence-corrected chi connectivity index (χ2v) is 7.02. The first kappa shape index (κ1) is 26.0. The number of aliphatic carboxylic acids is 1. The predicted molar refractivity (Wildman–Crippen MR) is 109 cm³/mol. The van der Waals surface area contributed by atoms with Crippen molar-refractivity contribution in [2.24, 2.45) is 11.5 Å². The Bertz CT molecular complexity index is 725. The molecule has 1 rings (SSSR count). The summed E-state index contributed by atoms with van der Waals surface area (Å²) >= 11 is 0. The topological polar surface area (TPSA) is 226 Å². The summed E-state index contributed by atoms with van der Waals surface area (Å²) in [4.78, 5) is 55.2. The molecule has 174 valence electrons. The molecule has 0 saturated carbocycles. The molecule has 0 aliphatic heterocycles. The van der Waals surface area contributed by atoms with E-state index in [-0.39, 0.29) is 12.8 Å². The van der Waals surface area contributed by atoms with Gasteiger partial charge in [0.05, 0.1) is 19.0 Å². The van der Waals surface area contributed by atoms with Gasteiger partial charge in [0.25, 0.3) is 0 Å². The van der Waals surface area contributed by atoms with Crippen molar-refractivity contribution in [2.75, 3.05) is 13.1 Å². The summed E-state index contributed by atoms with van der Waals surface area (Å²) in [5, 5.41) is 26.4. The van der Waals surface area contributed by atoms with Crippen LogP contribution in [0.2, 0.25) is 0 Å². The van der Waals surface area contributed by atoms with Crippen molar-refractivity contribution >= 4 is 23.7 Å². The Morgan fingerprint density at radius 3 is 2.29 bits per heavy atom. The first-order chi connectivity index (χ1) is 14.7. The van der Waals surface area contributed by atoms with Crippen LogP contribution in [0, 0.1) is 0 Å². The van der Waals surface area contributed by atoms with E-state index in [1.807, 2.05) is 0 Å². The minimum absolute atomic E-state index is 0.0237. The fourth-order valence-corrected chi connectivity index (χ4v) is 2.75. The van der Waals surface area contributed by atoms with Gasteiger partial charge in [0.1, 0.15) is 18.1 Å². The summed E-state index contributed by atoms with van der Waals surface area (Å²) < 4.78 is 0. The fraction of sp³-hybridized carbons (Fsp3) is 0.611. The quantitative estimate of drug-likeness (QED) is 0.137. The van der Waals surface area contributed by atoms with Crippen LogP contribution < -0.4 is 27.4 Å². The first-order valence-corrected chi connectivity index (χ1v) is 9.87. The average molecular weight is 441 g/mol. The maximum Gasteiger partial charge on any atom is 0.326 e. The van der Waals surface area contributed by atoms with Crippen LogP contribution in [0.1, 0.15) is 31.9 Å². The van der Waals surface area contributed by atoms with Gasteiger partial charge in [-0.25, -0.2) is 9.78 Å². The minimum atomic E-state index is -1.35. The molecule has 1 heterocycles. The van der Waals surface area contributed by atoms with E-state index in [0.29, 0.717) is 25.1 Å². The van der Waals surface area contributed by atoms with Crippen LogP contribution >= 0.6 is 0 Å². The van der Waals surface area contributed by atoms with Crippen LogP contribution in [0.4, 0.5) is 0 Å². The van der Waals surface area contributed by atoms with Gasteiger partial charge >= 0.3 is 5.97 Å². The smallest absolute Gasteiger partial charge is 0.326 e. The van der Waals surface area contributed by atoms with Crippen LogP contribution in [-0.4, -0.2) is 81.2 Å². The van der Waals surface area contributed by atoms with Crippen LogP contribution in [-0.2, 0) is 25.6 Å². The van der Waals surface area contributed by atoms with E-state index >= 15 is 0 Å². The zero-order valence-electron chi connectivity index (χ0n) is 17.3. The van der Waals surface area contributed by atoms with E-state index in [9.17, 15) is 29.4 Å². The number of aromatic nitrogens is 2. The van der Waals surface area contributed by atoms with Gasteiger partial charge in [-0.3, -0.25) is 14.4 Å². The molecule has 0 aliphatic carbocycles. The van der Waals surface area contributed by atoms with Gasteiger partial charge in [-0.2, -0.15) is 0 Å². The fourth-order valence-electron chi connectivity index (χ4n) is 2.75. The highest BCUT2D eigenvalue weighted by molar-refractivity contribution is 5.94. The number of nitrogens with two attached hydrogens (primary N) is 2. The van der Waals surface area contributed by atoms with Crippen LogP contribution in [0.3, 0.4) is 0 Å². The summed E-state index contributed by atoms with van der Waals surface area (Å²) in [6.07, 6.45) is 2.82. The lowest BCUT2D eigenvalue weighted by molar-refractivity contribution is -0.142. The van der Waals surface area contributed by atoms with Crippen molar-refractivity contribution in [3.8, 4) is 0 Å². The first-order valence-electron chi connectivity index (χ1n) is 9.87. The summed E-state index contributed by atoms with van der Waals surface area (Å²) in [6.45, 7) is 1.30. The molecule has 4 unspecified atom stereocenters. The van der Waals surface area contributed by atoms with E-state index in [4.69, 9.17) is 11.5 Å². The highest BCUT2D eigenvalue weighted by Crippen LogP contribution is 2.05. The van der Waals surface area contributed by atoms with E-state index in [1.54, 1.807) is 0 Å². The number of aliphatic hydroxyl groups excluding tert-OH is 1. The number of carbonyl (C=O) groups excluding carboxylic acids is 3. The Kier molecular flexibility index (Phi) is 11.2. The van der Waals surface area contributed by atoms with E-state index in [2.05, 4.69) is 25.9 Å². The summed E-state index contributed by atoms with van der Waals surface area (Å²) in [7, 11) is 0. The number of hydrogen-bond acceptors (Lipinski definition) is 8.